The van der Waals surface area contributed by atoms with Gasteiger partial charge in [0.05, 0.1) is 18.2 Å². The Morgan fingerprint density at radius 1 is 1.41 bits per heavy atom. The molecule has 0 aliphatic rings. The fourth-order valence-corrected chi connectivity index (χ4v) is 1.77. The predicted molar refractivity (Wildman–Crippen MR) is 65.9 cm³/mol. The first-order chi connectivity index (χ1) is 8.13. The maximum absolute atomic E-state index is 12.1. The Kier molecular flexibility index (Phi) is 3.26. The van der Waals surface area contributed by atoms with Crippen molar-refractivity contribution in [2.24, 2.45) is 0 Å². The molecule has 2 rings (SSSR count). The first-order valence-electron chi connectivity index (χ1n) is 5.01. The van der Waals surface area contributed by atoms with Crippen molar-refractivity contribution in [3.05, 3.63) is 41.0 Å². The van der Waals surface area contributed by atoms with Crippen LogP contribution in [0.1, 0.15) is 10.4 Å². The summed E-state index contributed by atoms with van der Waals surface area (Å²) in [6, 6.07) is 8.88. The maximum Gasteiger partial charge on any atom is 0.277 e. The Balaban J connectivity index is 2.64. The third-order valence-electron chi connectivity index (χ3n) is 2.48. The van der Waals surface area contributed by atoms with Crippen LogP contribution in [0.5, 0.6) is 0 Å². The van der Waals surface area contributed by atoms with Gasteiger partial charge in [-0.05, 0) is 12.1 Å². The van der Waals surface area contributed by atoms with Gasteiger partial charge in [-0.1, -0.05) is 29.8 Å². The largest absolute Gasteiger partial charge is 0.277 e. The molecule has 0 aliphatic heterocycles. The number of carbonyl (C=O) groups is 1. The van der Waals surface area contributed by atoms with Crippen molar-refractivity contribution in [3.63, 3.8) is 0 Å². The highest BCUT2D eigenvalue weighted by atomic mass is 35.5. The molecule has 4 nitrogen and oxygen atoms in total. The fraction of sp³-hybridized carbons (Fsp3) is 0.167. The van der Waals surface area contributed by atoms with E-state index in [9.17, 15) is 4.79 Å². The van der Waals surface area contributed by atoms with Gasteiger partial charge in [0.2, 0.25) is 0 Å². The van der Waals surface area contributed by atoms with Gasteiger partial charge in [0.1, 0.15) is 5.15 Å². The van der Waals surface area contributed by atoms with Gasteiger partial charge in [-0.25, -0.2) is 10.0 Å². The van der Waals surface area contributed by atoms with Crippen LogP contribution in [0.2, 0.25) is 5.15 Å². The topological polar surface area (TPSA) is 42.4 Å². The number of fused-ring (bicyclic) bond motifs is 1. The summed E-state index contributed by atoms with van der Waals surface area (Å²) in [6.07, 6.45) is 0. The van der Waals surface area contributed by atoms with Crippen LogP contribution in [-0.2, 0) is 4.84 Å². The van der Waals surface area contributed by atoms with Crippen molar-refractivity contribution in [2.75, 3.05) is 14.2 Å². The zero-order valence-corrected chi connectivity index (χ0v) is 10.2. The molecule has 17 heavy (non-hydrogen) atoms. The van der Waals surface area contributed by atoms with Crippen LogP contribution < -0.4 is 0 Å². The lowest BCUT2D eigenvalue weighted by atomic mass is 10.1. The van der Waals surface area contributed by atoms with E-state index < -0.39 is 0 Å². The molecule has 2 aromatic rings. The standard InChI is InChI=1S/C12H11ClN2O2/c1-15(17-2)12(16)9-7-11(13)14-10-6-4-3-5-8(9)10/h3-7H,1-2H3. The summed E-state index contributed by atoms with van der Waals surface area (Å²) in [7, 11) is 2.98. The number of hydrogen-bond acceptors (Lipinski definition) is 3. The maximum atomic E-state index is 12.1. The van der Waals surface area contributed by atoms with Crippen molar-refractivity contribution >= 4 is 28.4 Å². The van der Waals surface area contributed by atoms with Gasteiger partial charge < -0.3 is 0 Å². The third-order valence-corrected chi connectivity index (χ3v) is 2.67. The number of hydroxylamine groups is 2. The number of aromatic nitrogens is 1. The third kappa shape index (κ3) is 2.23. The SMILES string of the molecule is CON(C)C(=O)c1cc(Cl)nc2ccccc12. The highest BCUT2D eigenvalue weighted by molar-refractivity contribution is 6.30. The number of para-hydroxylation sites is 1. The Hall–Kier alpha value is -1.65. The Morgan fingerprint density at radius 2 is 2.12 bits per heavy atom. The molecule has 1 amide bonds. The minimum Gasteiger partial charge on any atom is -0.274 e. The summed E-state index contributed by atoms with van der Waals surface area (Å²) < 4.78 is 0. The molecule has 88 valence electrons. The molecule has 0 bridgehead atoms. The Bertz CT molecular complexity index is 571. The van der Waals surface area contributed by atoms with E-state index in [1.54, 1.807) is 13.1 Å². The van der Waals surface area contributed by atoms with Crippen LogP contribution in [-0.4, -0.2) is 30.1 Å². The summed E-state index contributed by atoms with van der Waals surface area (Å²) in [5, 5.41) is 2.19. The van der Waals surface area contributed by atoms with Crippen LogP contribution in [0.3, 0.4) is 0 Å². The molecule has 1 heterocycles. The summed E-state index contributed by atoms with van der Waals surface area (Å²) >= 11 is 5.89. The molecular formula is C12H11ClN2O2. The van der Waals surface area contributed by atoms with E-state index in [0.717, 1.165) is 10.4 Å². The zero-order valence-electron chi connectivity index (χ0n) is 9.48. The molecule has 0 unspecified atom stereocenters. The molecular weight excluding hydrogens is 240 g/mol. The van der Waals surface area contributed by atoms with Crippen LogP contribution in [0.15, 0.2) is 30.3 Å². The second-order valence-corrected chi connectivity index (χ2v) is 3.88. The molecule has 5 heteroatoms. The summed E-state index contributed by atoms with van der Waals surface area (Å²) in [4.78, 5) is 21.1. The van der Waals surface area contributed by atoms with E-state index in [1.807, 2.05) is 24.3 Å². The molecule has 0 N–H and O–H groups in total. The van der Waals surface area contributed by atoms with Crippen molar-refractivity contribution in [2.45, 2.75) is 0 Å². The number of halogens is 1. The number of pyridine rings is 1. The van der Waals surface area contributed by atoms with E-state index in [4.69, 9.17) is 16.4 Å². The minimum atomic E-state index is -0.256. The summed E-state index contributed by atoms with van der Waals surface area (Å²) in [5.74, 6) is -0.256. The molecule has 0 spiro atoms. The average molecular weight is 251 g/mol. The van der Waals surface area contributed by atoms with E-state index in [1.165, 1.54) is 7.11 Å². The van der Waals surface area contributed by atoms with Crippen molar-refractivity contribution in [1.29, 1.82) is 0 Å². The Labute approximate surface area is 104 Å². The number of hydrogen-bond donors (Lipinski definition) is 0. The number of rotatable bonds is 2. The molecule has 0 radical (unpaired) electrons. The Morgan fingerprint density at radius 3 is 2.82 bits per heavy atom. The van der Waals surface area contributed by atoms with Crippen molar-refractivity contribution in [1.82, 2.24) is 10.0 Å². The minimum absolute atomic E-state index is 0.256. The predicted octanol–water partition coefficient (Wildman–Crippen LogP) is 2.52. The van der Waals surface area contributed by atoms with E-state index >= 15 is 0 Å². The second-order valence-electron chi connectivity index (χ2n) is 3.49. The van der Waals surface area contributed by atoms with Crippen LogP contribution in [0, 0.1) is 0 Å². The molecule has 0 atom stereocenters. The normalized spacial score (nSPS) is 10.5. The van der Waals surface area contributed by atoms with Gasteiger partial charge in [0.15, 0.2) is 0 Å². The molecule has 0 saturated heterocycles. The number of carbonyl (C=O) groups excluding carboxylic acids is 1. The number of nitrogens with zero attached hydrogens (tertiary/aromatic N) is 2. The highest BCUT2D eigenvalue weighted by Gasteiger charge is 2.16. The highest BCUT2D eigenvalue weighted by Crippen LogP contribution is 2.21. The van der Waals surface area contributed by atoms with Gasteiger partial charge in [0.25, 0.3) is 5.91 Å². The quantitative estimate of drug-likeness (QED) is 0.608. The van der Waals surface area contributed by atoms with Gasteiger partial charge in [0, 0.05) is 12.4 Å². The van der Waals surface area contributed by atoms with E-state index in [2.05, 4.69) is 4.98 Å². The van der Waals surface area contributed by atoms with E-state index in [-0.39, 0.29) is 11.1 Å². The lowest BCUT2D eigenvalue weighted by Crippen LogP contribution is -2.25. The van der Waals surface area contributed by atoms with Gasteiger partial charge >= 0.3 is 0 Å². The lowest BCUT2D eigenvalue weighted by molar-refractivity contribution is -0.0755. The van der Waals surface area contributed by atoms with Gasteiger partial charge in [-0.2, -0.15) is 0 Å². The first kappa shape index (κ1) is 11.8. The van der Waals surface area contributed by atoms with E-state index in [0.29, 0.717) is 11.1 Å². The van der Waals surface area contributed by atoms with Gasteiger partial charge in [-0.3, -0.25) is 9.63 Å². The summed E-state index contributed by atoms with van der Waals surface area (Å²) in [6.45, 7) is 0. The van der Waals surface area contributed by atoms with Crippen LogP contribution in [0.4, 0.5) is 0 Å². The smallest absolute Gasteiger partial charge is 0.274 e. The molecule has 0 fully saturated rings. The summed E-state index contributed by atoms with van der Waals surface area (Å²) in [5.41, 5.74) is 1.16. The zero-order chi connectivity index (χ0) is 12.4. The van der Waals surface area contributed by atoms with Crippen molar-refractivity contribution < 1.29 is 9.63 Å². The number of benzene rings is 1. The van der Waals surface area contributed by atoms with Gasteiger partial charge in [-0.15, -0.1) is 0 Å². The fourth-order valence-electron chi connectivity index (χ4n) is 1.57. The first-order valence-corrected chi connectivity index (χ1v) is 5.38. The molecule has 0 aliphatic carbocycles. The second kappa shape index (κ2) is 4.69. The monoisotopic (exact) mass is 250 g/mol. The molecule has 1 aromatic heterocycles. The molecule has 0 saturated carbocycles. The lowest BCUT2D eigenvalue weighted by Gasteiger charge is -2.15. The average Bonchev–Trinajstić information content (AvgIpc) is 2.35. The number of amides is 1. The van der Waals surface area contributed by atoms with Crippen LogP contribution >= 0.6 is 11.6 Å². The van der Waals surface area contributed by atoms with Crippen LogP contribution in [0.25, 0.3) is 10.9 Å². The molecule has 1 aromatic carbocycles. The van der Waals surface area contributed by atoms with Crippen molar-refractivity contribution in [3.8, 4) is 0 Å².